The first-order valence-electron chi connectivity index (χ1n) is 15.0. The molecule has 3 fully saturated rings. The molecule has 0 spiro atoms. The lowest BCUT2D eigenvalue weighted by Crippen LogP contribution is -2.42. The Morgan fingerprint density at radius 3 is 2.57 bits per heavy atom. The van der Waals surface area contributed by atoms with Crippen LogP contribution in [0.3, 0.4) is 0 Å². The van der Waals surface area contributed by atoms with Crippen LogP contribution < -0.4 is 19.8 Å². The monoisotopic (exact) mass is 719 g/mol. The van der Waals surface area contributed by atoms with Gasteiger partial charge in [-0.2, -0.15) is 0 Å². The summed E-state index contributed by atoms with van der Waals surface area (Å²) in [6, 6.07) is 18.6. The summed E-state index contributed by atoms with van der Waals surface area (Å²) in [7, 11) is 0. The summed E-state index contributed by atoms with van der Waals surface area (Å²) in [6.45, 7) is 1.73. The van der Waals surface area contributed by atoms with Crippen LogP contribution in [-0.2, 0) is 14.4 Å². The van der Waals surface area contributed by atoms with E-state index in [1.54, 1.807) is 11.8 Å². The van der Waals surface area contributed by atoms with E-state index in [4.69, 9.17) is 4.74 Å². The normalized spacial score (nSPS) is 27.4. The molecule has 2 N–H and O–H groups in total. The highest BCUT2D eigenvalue weighted by atomic mass is 79.9. The van der Waals surface area contributed by atoms with Gasteiger partial charge < -0.3 is 15.0 Å². The van der Waals surface area contributed by atoms with Crippen molar-refractivity contribution in [3.05, 3.63) is 103 Å². The van der Waals surface area contributed by atoms with Gasteiger partial charge in [0.1, 0.15) is 11.6 Å². The number of imide groups is 1. The minimum absolute atomic E-state index is 0.0182. The van der Waals surface area contributed by atoms with E-state index in [-0.39, 0.29) is 58.1 Å². The Balaban J connectivity index is 1.14. The Bertz CT molecular complexity index is 1980. The average molecular weight is 721 g/mol. The van der Waals surface area contributed by atoms with E-state index >= 15 is 0 Å². The van der Waals surface area contributed by atoms with Gasteiger partial charge in [-0.15, -0.1) is 11.8 Å². The largest absolute Gasteiger partial charge is 0.483 e. The Morgan fingerprint density at radius 2 is 1.80 bits per heavy atom. The lowest BCUT2D eigenvalue weighted by molar-refractivity contribution is -0.123. The number of benzene rings is 3. The Hall–Kier alpha value is -3.74. The maximum absolute atomic E-state index is 14.0. The third kappa shape index (κ3) is 4.75. The van der Waals surface area contributed by atoms with Crippen LogP contribution in [-0.4, -0.2) is 34.6 Å². The number of hydrogen-bond acceptors (Lipinski definition) is 7. The van der Waals surface area contributed by atoms with Gasteiger partial charge in [0.05, 0.1) is 22.5 Å². The number of anilines is 2. The maximum atomic E-state index is 14.0. The van der Waals surface area contributed by atoms with Gasteiger partial charge in [-0.1, -0.05) is 39.4 Å². The van der Waals surface area contributed by atoms with Crippen LogP contribution in [0.25, 0.3) is 0 Å². The maximum Gasteiger partial charge on any atom is 0.305 e. The smallest absolute Gasteiger partial charge is 0.305 e. The predicted molar refractivity (Wildman–Crippen MR) is 177 cm³/mol. The molecule has 2 bridgehead atoms. The molecule has 8 rings (SSSR count). The fourth-order valence-corrected chi connectivity index (χ4v) is 11.4. The number of carbonyl (C=O) groups is 3. The van der Waals surface area contributed by atoms with Gasteiger partial charge in [0.25, 0.3) is 5.91 Å². The van der Waals surface area contributed by atoms with Crippen LogP contribution in [0.4, 0.5) is 15.8 Å². The molecule has 12 heteroatoms. The molecule has 4 aromatic rings. The van der Waals surface area contributed by atoms with Crippen LogP contribution in [0, 0.1) is 42.3 Å². The third-order valence-electron chi connectivity index (χ3n) is 9.78. The van der Waals surface area contributed by atoms with E-state index in [0.717, 1.165) is 43.3 Å². The highest BCUT2D eigenvalue weighted by molar-refractivity contribution is 9.10. The van der Waals surface area contributed by atoms with Crippen molar-refractivity contribution in [3.63, 3.8) is 0 Å². The fraction of sp³-hybridized carbons (Fsp3) is 0.294. The number of rotatable bonds is 6. The number of H-pyrrole nitrogens is 1. The SMILES string of the molecule is Cc1cccc(NC(=O)COc2ccc(Br)cc2[C@@H]2c3sc(=O)[nH]c3S[C@@H]3[C@@H]4C[C@@H]([C@@H]5C(=O)N(c6ccc(F)cc6)C(=O)[C@@H]45)[C@H]23)c1. The molecule has 0 unspecified atom stereocenters. The Morgan fingerprint density at radius 1 is 1.04 bits per heavy atom. The average Bonchev–Trinajstić information content (AvgIpc) is 3.76. The van der Waals surface area contributed by atoms with Crippen molar-refractivity contribution in [1.29, 1.82) is 0 Å². The second-order valence-corrected chi connectivity index (χ2v) is 15.5. The summed E-state index contributed by atoms with van der Waals surface area (Å²) < 4.78 is 20.7. The van der Waals surface area contributed by atoms with E-state index in [9.17, 15) is 23.6 Å². The van der Waals surface area contributed by atoms with Gasteiger partial charge in [0.2, 0.25) is 11.8 Å². The quantitative estimate of drug-likeness (QED) is 0.225. The molecule has 2 aliphatic heterocycles. The molecule has 1 aromatic heterocycles. The van der Waals surface area contributed by atoms with Crippen LogP contribution in [0.2, 0.25) is 0 Å². The van der Waals surface area contributed by atoms with Crippen molar-refractivity contribution >= 4 is 68.1 Å². The molecule has 4 aliphatic rings. The van der Waals surface area contributed by atoms with Gasteiger partial charge in [-0.25, -0.2) is 4.39 Å². The first kappa shape index (κ1) is 29.6. The molecule has 3 amide bonds. The van der Waals surface area contributed by atoms with Crippen LogP contribution >= 0.6 is 39.0 Å². The van der Waals surface area contributed by atoms with Crippen molar-refractivity contribution in [1.82, 2.24) is 4.98 Å². The molecule has 3 aromatic carbocycles. The number of ether oxygens (including phenoxy) is 1. The molecule has 234 valence electrons. The van der Waals surface area contributed by atoms with Crippen LogP contribution in [0.5, 0.6) is 5.75 Å². The second-order valence-electron chi connectivity index (χ2n) is 12.3. The number of hydrogen-bond donors (Lipinski definition) is 2. The van der Waals surface area contributed by atoms with Crippen molar-refractivity contribution in [2.24, 2.45) is 29.6 Å². The number of amides is 3. The van der Waals surface area contributed by atoms with E-state index in [1.807, 2.05) is 49.4 Å². The number of aryl methyl sites for hydroxylation is 1. The van der Waals surface area contributed by atoms with E-state index in [1.165, 1.54) is 29.2 Å². The number of aromatic amines is 1. The number of thioether (sulfide) groups is 1. The summed E-state index contributed by atoms with van der Waals surface area (Å²) in [5, 5.41) is 3.64. The summed E-state index contributed by atoms with van der Waals surface area (Å²) in [5.74, 6) is -2.20. The predicted octanol–water partition coefficient (Wildman–Crippen LogP) is 6.34. The van der Waals surface area contributed by atoms with Crippen molar-refractivity contribution in [2.75, 3.05) is 16.8 Å². The van der Waals surface area contributed by atoms with E-state index in [0.29, 0.717) is 17.1 Å². The number of fused-ring (bicyclic) bond motifs is 9. The molecule has 3 heterocycles. The summed E-state index contributed by atoms with van der Waals surface area (Å²) in [4.78, 5) is 58.4. The molecule has 7 atom stereocenters. The van der Waals surface area contributed by atoms with E-state index in [2.05, 4.69) is 26.2 Å². The molecule has 0 radical (unpaired) electrons. The van der Waals surface area contributed by atoms with Gasteiger partial charge in [0.15, 0.2) is 6.61 Å². The minimum Gasteiger partial charge on any atom is -0.483 e. The number of nitrogens with one attached hydrogen (secondary N) is 2. The molecule has 1 saturated heterocycles. The van der Waals surface area contributed by atoms with Gasteiger partial charge in [-0.05, 0) is 91.3 Å². The zero-order chi connectivity index (χ0) is 31.9. The highest BCUT2D eigenvalue weighted by Gasteiger charge is 2.69. The van der Waals surface area contributed by atoms with Crippen molar-refractivity contribution < 1.29 is 23.5 Å². The van der Waals surface area contributed by atoms with Crippen molar-refractivity contribution in [2.45, 2.75) is 29.5 Å². The second kappa shape index (κ2) is 11.2. The Kier molecular flexibility index (Phi) is 7.22. The number of carbonyl (C=O) groups excluding carboxylic acids is 3. The third-order valence-corrected chi connectivity index (χ3v) is 12.9. The highest BCUT2D eigenvalue weighted by Crippen LogP contribution is 2.69. The first-order chi connectivity index (χ1) is 22.2. The summed E-state index contributed by atoms with van der Waals surface area (Å²) in [6.07, 6.45) is 0.727. The molecule has 8 nitrogen and oxygen atoms in total. The van der Waals surface area contributed by atoms with Gasteiger partial charge >= 0.3 is 4.87 Å². The topological polar surface area (TPSA) is 109 Å². The fourth-order valence-electron chi connectivity index (χ4n) is 8.17. The minimum atomic E-state index is -0.499. The molecule has 2 aliphatic carbocycles. The number of thiazole rings is 1. The lowest BCUT2D eigenvalue weighted by Gasteiger charge is -2.43. The number of nitrogens with zero attached hydrogens (tertiary/aromatic N) is 1. The summed E-state index contributed by atoms with van der Waals surface area (Å²) >= 11 is 6.37. The Labute approximate surface area is 279 Å². The van der Waals surface area contributed by atoms with Gasteiger partial charge in [0, 0.05) is 31.8 Å². The summed E-state index contributed by atoms with van der Waals surface area (Å²) in [5.41, 5.74) is 2.91. The molecule has 2 saturated carbocycles. The lowest BCUT2D eigenvalue weighted by atomic mass is 9.68. The number of halogens is 2. The van der Waals surface area contributed by atoms with E-state index < -0.39 is 17.7 Å². The zero-order valence-electron chi connectivity index (χ0n) is 24.4. The number of aromatic nitrogens is 1. The standard InChI is InChI=1S/C34H27BrFN3O5S2/c1-15-3-2-4-18(11-15)37-24(40)14-44-23-10-5-16(35)12-20(23)25-26-21-13-22(29(26)45-31-30(25)46-34(43)38-31)28-27(21)32(41)39(33(28)42)19-8-6-17(36)7-9-19/h2-12,21-22,25-29H,13-14H2,1H3,(H,37,40)(H,38,43)/t21-,22-,25+,26-,27+,28+,29-/m1/s1. The van der Waals surface area contributed by atoms with Crippen LogP contribution in [0.15, 0.2) is 81.0 Å². The van der Waals surface area contributed by atoms with Gasteiger partial charge in [-0.3, -0.25) is 24.1 Å². The van der Waals surface area contributed by atoms with Crippen molar-refractivity contribution in [3.8, 4) is 5.75 Å². The van der Waals surface area contributed by atoms with Crippen LogP contribution in [0.1, 0.15) is 28.3 Å². The molecule has 46 heavy (non-hydrogen) atoms. The molecular weight excluding hydrogens is 693 g/mol. The zero-order valence-corrected chi connectivity index (χ0v) is 27.6. The first-order valence-corrected chi connectivity index (χ1v) is 17.5. The molecular formula is C34H27BrFN3O5S2.